The molecule has 2 N–H and O–H groups in total. The van der Waals surface area contributed by atoms with Crippen molar-refractivity contribution in [1.29, 1.82) is 0 Å². The van der Waals surface area contributed by atoms with Gasteiger partial charge in [0.15, 0.2) is 5.17 Å². The van der Waals surface area contributed by atoms with Crippen LogP contribution < -0.4 is 5.73 Å². The van der Waals surface area contributed by atoms with Gasteiger partial charge in [-0.25, -0.2) is 0 Å². The maximum Gasteiger partial charge on any atom is 0.154 e. The van der Waals surface area contributed by atoms with Gasteiger partial charge in [-0.15, -0.1) is 0 Å². The second-order valence-electron chi connectivity index (χ2n) is 3.45. The van der Waals surface area contributed by atoms with Crippen LogP contribution in [0.15, 0.2) is 35.3 Å². The molecule has 0 aliphatic carbocycles. The first-order valence-electron chi connectivity index (χ1n) is 4.84. The van der Waals surface area contributed by atoms with Crippen LogP contribution in [0.5, 0.6) is 0 Å². The van der Waals surface area contributed by atoms with E-state index in [2.05, 4.69) is 29.3 Å². The van der Waals surface area contributed by atoms with Gasteiger partial charge in [0.1, 0.15) is 0 Å². The van der Waals surface area contributed by atoms with Crippen molar-refractivity contribution in [2.24, 2.45) is 10.7 Å². The summed E-state index contributed by atoms with van der Waals surface area (Å²) in [6.07, 6.45) is 2.16. The highest BCUT2D eigenvalue weighted by atomic mass is 32.2. The van der Waals surface area contributed by atoms with Crippen molar-refractivity contribution in [2.75, 3.05) is 5.75 Å². The Balaban J connectivity index is 2.01. The van der Waals surface area contributed by atoms with Crippen LogP contribution in [0, 0.1) is 0 Å². The SMILES string of the molecule is NC1=N[C@H](Cc2ccccc2)CCS1. The number of aliphatic imine (C=N–C) groups is 1. The molecule has 0 radical (unpaired) electrons. The first-order valence-corrected chi connectivity index (χ1v) is 5.83. The highest BCUT2D eigenvalue weighted by Crippen LogP contribution is 2.18. The Morgan fingerprint density at radius 3 is 2.86 bits per heavy atom. The Bertz CT molecular complexity index is 321. The molecule has 1 heterocycles. The molecule has 0 aromatic heterocycles. The van der Waals surface area contributed by atoms with Crippen molar-refractivity contribution in [2.45, 2.75) is 18.9 Å². The fraction of sp³-hybridized carbons (Fsp3) is 0.364. The number of rotatable bonds is 2. The fourth-order valence-corrected chi connectivity index (χ4v) is 2.44. The van der Waals surface area contributed by atoms with Crippen LogP contribution >= 0.6 is 11.8 Å². The third-order valence-corrected chi connectivity index (χ3v) is 3.17. The number of benzene rings is 1. The topological polar surface area (TPSA) is 38.4 Å². The lowest BCUT2D eigenvalue weighted by Gasteiger charge is -2.17. The quantitative estimate of drug-likeness (QED) is 0.804. The third-order valence-electron chi connectivity index (χ3n) is 2.32. The second kappa shape index (κ2) is 4.51. The monoisotopic (exact) mass is 206 g/mol. The van der Waals surface area contributed by atoms with E-state index in [4.69, 9.17) is 5.73 Å². The average Bonchev–Trinajstić information content (AvgIpc) is 2.19. The Kier molecular flexibility index (Phi) is 3.09. The average molecular weight is 206 g/mol. The summed E-state index contributed by atoms with van der Waals surface area (Å²) in [5, 5.41) is 0.747. The summed E-state index contributed by atoms with van der Waals surface area (Å²) in [6, 6.07) is 10.9. The van der Waals surface area contributed by atoms with Gasteiger partial charge in [0, 0.05) is 5.75 Å². The van der Waals surface area contributed by atoms with Gasteiger partial charge in [0.2, 0.25) is 0 Å². The summed E-state index contributed by atoms with van der Waals surface area (Å²) in [6.45, 7) is 0. The molecule has 3 heteroatoms. The Hall–Kier alpha value is -0.960. The van der Waals surface area contributed by atoms with Crippen molar-refractivity contribution < 1.29 is 0 Å². The molecular weight excluding hydrogens is 192 g/mol. The molecule has 0 amide bonds. The highest BCUT2D eigenvalue weighted by Gasteiger charge is 2.13. The number of hydrogen-bond acceptors (Lipinski definition) is 3. The minimum absolute atomic E-state index is 0.388. The summed E-state index contributed by atoms with van der Waals surface area (Å²) in [7, 11) is 0. The summed E-state index contributed by atoms with van der Waals surface area (Å²) < 4.78 is 0. The van der Waals surface area contributed by atoms with Gasteiger partial charge >= 0.3 is 0 Å². The Labute approximate surface area is 88.6 Å². The van der Waals surface area contributed by atoms with Gasteiger partial charge in [-0.1, -0.05) is 42.1 Å². The molecule has 0 spiro atoms. The summed E-state index contributed by atoms with van der Waals surface area (Å²) >= 11 is 1.66. The molecule has 0 bridgehead atoms. The van der Waals surface area contributed by atoms with Crippen LogP contribution in [-0.4, -0.2) is 17.0 Å². The predicted molar refractivity (Wildman–Crippen MR) is 62.6 cm³/mol. The molecule has 1 aliphatic rings. The van der Waals surface area contributed by atoms with Gasteiger partial charge in [-0.05, 0) is 18.4 Å². The van der Waals surface area contributed by atoms with E-state index in [-0.39, 0.29) is 0 Å². The van der Waals surface area contributed by atoms with Gasteiger partial charge in [0.05, 0.1) is 6.04 Å². The first kappa shape index (κ1) is 9.59. The highest BCUT2D eigenvalue weighted by molar-refractivity contribution is 8.13. The third kappa shape index (κ3) is 2.51. The second-order valence-corrected chi connectivity index (χ2v) is 4.56. The van der Waals surface area contributed by atoms with Crippen LogP contribution in [0.3, 0.4) is 0 Å². The minimum atomic E-state index is 0.388. The minimum Gasteiger partial charge on any atom is -0.379 e. The molecule has 0 saturated heterocycles. The van der Waals surface area contributed by atoms with E-state index in [1.165, 1.54) is 5.56 Å². The van der Waals surface area contributed by atoms with Crippen LogP contribution in [0.25, 0.3) is 0 Å². The Morgan fingerprint density at radius 2 is 2.14 bits per heavy atom. The Morgan fingerprint density at radius 1 is 1.36 bits per heavy atom. The smallest absolute Gasteiger partial charge is 0.154 e. The van der Waals surface area contributed by atoms with Crippen LogP contribution in [0.4, 0.5) is 0 Å². The van der Waals surface area contributed by atoms with Crippen LogP contribution in [-0.2, 0) is 6.42 Å². The van der Waals surface area contributed by atoms with Gasteiger partial charge < -0.3 is 5.73 Å². The van der Waals surface area contributed by atoms with Crippen molar-refractivity contribution in [3.05, 3.63) is 35.9 Å². The summed E-state index contributed by atoms with van der Waals surface area (Å²) in [5.41, 5.74) is 7.04. The van der Waals surface area contributed by atoms with Crippen LogP contribution in [0.1, 0.15) is 12.0 Å². The summed E-state index contributed by atoms with van der Waals surface area (Å²) in [5.74, 6) is 1.10. The van der Waals surface area contributed by atoms with E-state index >= 15 is 0 Å². The number of hydrogen-bond donors (Lipinski definition) is 1. The zero-order valence-corrected chi connectivity index (χ0v) is 8.83. The summed E-state index contributed by atoms with van der Waals surface area (Å²) in [4.78, 5) is 4.43. The predicted octanol–water partition coefficient (Wildman–Crippen LogP) is 2.05. The normalized spacial score (nSPS) is 21.7. The molecule has 0 saturated carbocycles. The van der Waals surface area contributed by atoms with E-state index in [1.807, 2.05) is 6.07 Å². The van der Waals surface area contributed by atoms with Crippen LogP contribution in [0.2, 0.25) is 0 Å². The van der Waals surface area contributed by atoms with Gasteiger partial charge in [0.25, 0.3) is 0 Å². The van der Waals surface area contributed by atoms with Crippen molar-refractivity contribution in [1.82, 2.24) is 0 Å². The number of thioether (sulfide) groups is 1. The van der Waals surface area contributed by atoms with Crippen molar-refractivity contribution in [3.63, 3.8) is 0 Å². The van der Waals surface area contributed by atoms with Crippen molar-refractivity contribution in [3.8, 4) is 0 Å². The number of amidine groups is 1. The molecule has 2 nitrogen and oxygen atoms in total. The molecule has 0 fully saturated rings. The maximum atomic E-state index is 5.69. The maximum absolute atomic E-state index is 5.69. The fourth-order valence-electron chi connectivity index (χ4n) is 1.62. The molecule has 1 aromatic carbocycles. The number of nitrogens with zero attached hydrogens (tertiary/aromatic N) is 1. The van der Waals surface area contributed by atoms with E-state index in [0.29, 0.717) is 6.04 Å². The lowest BCUT2D eigenvalue weighted by molar-refractivity contribution is 0.651. The zero-order chi connectivity index (χ0) is 9.80. The molecule has 14 heavy (non-hydrogen) atoms. The molecule has 74 valence electrons. The zero-order valence-electron chi connectivity index (χ0n) is 8.02. The lowest BCUT2D eigenvalue weighted by Crippen LogP contribution is -2.21. The van der Waals surface area contributed by atoms with E-state index in [0.717, 1.165) is 23.8 Å². The van der Waals surface area contributed by atoms with Crippen molar-refractivity contribution >= 4 is 16.9 Å². The van der Waals surface area contributed by atoms with Gasteiger partial charge in [-0.2, -0.15) is 0 Å². The molecule has 0 unspecified atom stereocenters. The standard InChI is InChI=1S/C11H14N2S/c12-11-13-10(6-7-14-11)8-9-4-2-1-3-5-9/h1-5,10H,6-8H2,(H2,12,13)/t10-/m0/s1. The lowest BCUT2D eigenvalue weighted by atomic mass is 10.0. The van der Waals surface area contributed by atoms with E-state index in [9.17, 15) is 0 Å². The molecule has 1 aromatic rings. The molecular formula is C11H14N2S. The van der Waals surface area contributed by atoms with E-state index in [1.54, 1.807) is 11.8 Å². The molecule has 1 aliphatic heterocycles. The van der Waals surface area contributed by atoms with E-state index < -0.39 is 0 Å². The molecule has 2 rings (SSSR count). The first-order chi connectivity index (χ1) is 6.84. The molecule has 1 atom stereocenters. The van der Waals surface area contributed by atoms with Gasteiger partial charge in [-0.3, -0.25) is 4.99 Å². The largest absolute Gasteiger partial charge is 0.379 e. The number of nitrogens with two attached hydrogens (primary N) is 1.